The van der Waals surface area contributed by atoms with E-state index in [1.165, 1.54) is 0 Å². The van der Waals surface area contributed by atoms with E-state index in [9.17, 15) is 9.59 Å². The first kappa shape index (κ1) is 21.1. The minimum Gasteiger partial charge on any atom is -0.376 e. The second-order valence-corrected chi connectivity index (χ2v) is 7.33. The molecule has 5 nitrogen and oxygen atoms in total. The fourth-order valence-corrected chi connectivity index (χ4v) is 3.07. The highest BCUT2D eigenvalue weighted by Gasteiger charge is 2.06. The first-order valence-electron chi connectivity index (χ1n) is 10.0. The molecule has 0 radical (unpaired) electrons. The second kappa shape index (κ2) is 10.3. The SMILES string of the molecule is Cc1ccc(C)c(NCC(=O)Nc2ccc(NC(=O)CCc3ccccc3)cc2)c1. The van der Waals surface area contributed by atoms with E-state index in [-0.39, 0.29) is 18.4 Å². The van der Waals surface area contributed by atoms with Crippen molar-refractivity contribution >= 4 is 28.9 Å². The van der Waals surface area contributed by atoms with E-state index >= 15 is 0 Å². The number of amides is 2. The van der Waals surface area contributed by atoms with E-state index in [1.807, 2.05) is 62.4 Å². The first-order valence-corrected chi connectivity index (χ1v) is 10.0. The Morgan fingerprint density at radius 2 is 1.40 bits per heavy atom. The zero-order chi connectivity index (χ0) is 21.3. The predicted octanol–water partition coefficient (Wildman–Crippen LogP) is 4.93. The Hall–Kier alpha value is -3.60. The zero-order valence-corrected chi connectivity index (χ0v) is 17.4. The van der Waals surface area contributed by atoms with Crippen LogP contribution >= 0.6 is 0 Å². The van der Waals surface area contributed by atoms with E-state index < -0.39 is 0 Å². The molecule has 3 aromatic carbocycles. The summed E-state index contributed by atoms with van der Waals surface area (Å²) in [6, 6.07) is 23.2. The molecule has 0 saturated heterocycles. The second-order valence-electron chi connectivity index (χ2n) is 7.33. The van der Waals surface area contributed by atoms with E-state index in [0.717, 1.165) is 22.4 Å². The molecular formula is C25H27N3O2. The fourth-order valence-electron chi connectivity index (χ4n) is 3.07. The van der Waals surface area contributed by atoms with E-state index in [2.05, 4.69) is 16.0 Å². The molecule has 154 valence electrons. The van der Waals surface area contributed by atoms with Gasteiger partial charge < -0.3 is 16.0 Å². The highest BCUT2D eigenvalue weighted by Crippen LogP contribution is 2.17. The molecule has 0 aliphatic carbocycles. The number of nitrogens with one attached hydrogen (secondary N) is 3. The van der Waals surface area contributed by atoms with Gasteiger partial charge in [0.2, 0.25) is 11.8 Å². The van der Waals surface area contributed by atoms with Crippen molar-refractivity contribution in [2.45, 2.75) is 26.7 Å². The zero-order valence-electron chi connectivity index (χ0n) is 17.4. The molecule has 3 aromatic rings. The predicted molar refractivity (Wildman–Crippen MR) is 123 cm³/mol. The molecule has 3 N–H and O–H groups in total. The molecule has 0 aliphatic heterocycles. The van der Waals surface area contributed by atoms with Crippen LogP contribution in [0, 0.1) is 13.8 Å². The molecule has 3 rings (SSSR count). The maximum atomic E-state index is 12.2. The minimum absolute atomic E-state index is 0.0339. The molecule has 5 heteroatoms. The van der Waals surface area contributed by atoms with Crippen molar-refractivity contribution in [3.63, 3.8) is 0 Å². The molecular weight excluding hydrogens is 374 g/mol. The van der Waals surface area contributed by atoms with E-state index in [1.54, 1.807) is 24.3 Å². The van der Waals surface area contributed by atoms with Crippen molar-refractivity contribution in [1.82, 2.24) is 0 Å². The summed E-state index contributed by atoms with van der Waals surface area (Å²) in [6.45, 7) is 4.21. The summed E-state index contributed by atoms with van der Waals surface area (Å²) >= 11 is 0. The summed E-state index contributed by atoms with van der Waals surface area (Å²) in [5.74, 6) is -0.163. The van der Waals surface area contributed by atoms with Crippen molar-refractivity contribution in [2.24, 2.45) is 0 Å². The van der Waals surface area contributed by atoms with Crippen molar-refractivity contribution in [1.29, 1.82) is 0 Å². The Labute approximate surface area is 177 Å². The highest BCUT2D eigenvalue weighted by atomic mass is 16.2. The molecule has 0 heterocycles. The van der Waals surface area contributed by atoms with Crippen LogP contribution in [0.5, 0.6) is 0 Å². The van der Waals surface area contributed by atoms with E-state index in [0.29, 0.717) is 24.2 Å². The van der Waals surface area contributed by atoms with Gasteiger partial charge in [0, 0.05) is 23.5 Å². The Balaban J connectivity index is 1.45. The van der Waals surface area contributed by atoms with Crippen LogP contribution in [-0.4, -0.2) is 18.4 Å². The molecule has 0 spiro atoms. The first-order chi connectivity index (χ1) is 14.5. The lowest BCUT2D eigenvalue weighted by Gasteiger charge is -2.11. The number of benzene rings is 3. The smallest absolute Gasteiger partial charge is 0.243 e. The average molecular weight is 402 g/mol. The number of rotatable bonds is 8. The van der Waals surface area contributed by atoms with Crippen LogP contribution in [0.25, 0.3) is 0 Å². The summed E-state index contributed by atoms with van der Waals surface area (Å²) in [6.07, 6.45) is 1.13. The quantitative estimate of drug-likeness (QED) is 0.501. The molecule has 2 amide bonds. The number of anilines is 3. The lowest BCUT2D eigenvalue weighted by atomic mass is 10.1. The normalized spacial score (nSPS) is 10.3. The van der Waals surface area contributed by atoms with Gasteiger partial charge >= 0.3 is 0 Å². The number of carbonyl (C=O) groups excluding carboxylic acids is 2. The van der Waals surface area contributed by atoms with E-state index in [4.69, 9.17) is 0 Å². The average Bonchev–Trinajstić information content (AvgIpc) is 2.75. The molecule has 0 fully saturated rings. The van der Waals surface area contributed by atoms with Crippen molar-refractivity contribution in [2.75, 3.05) is 22.5 Å². The third kappa shape index (κ3) is 6.48. The van der Waals surface area contributed by atoms with Crippen LogP contribution in [0.1, 0.15) is 23.1 Å². The van der Waals surface area contributed by atoms with Gasteiger partial charge in [-0.15, -0.1) is 0 Å². The van der Waals surface area contributed by atoms with Crippen LogP contribution in [0.3, 0.4) is 0 Å². The molecule has 0 unspecified atom stereocenters. The van der Waals surface area contributed by atoms with Crippen LogP contribution in [0.4, 0.5) is 17.1 Å². The summed E-state index contributed by atoms with van der Waals surface area (Å²) in [7, 11) is 0. The topological polar surface area (TPSA) is 70.2 Å². The van der Waals surface area contributed by atoms with Gasteiger partial charge in [-0.2, -0.15) is 0 Å². The number of carbonyl (C=O) groups is 2. The fraction of sp³-hybridized carbons (Fsp3) is 0.200. The summed E-state index contributed by atoms with van der Waals surface area (Å²) in [4.78, 5) is 24.4. The Bertz CT molecular complexity index is 999. The Morgan fingerprint density at radius 3 is 2.07 bits per heavy atom. The lowest BCUT2D eigenvalue weighted by molar-refractivity contribution is -0.116. The van der Waals surface area contributed by atoms with Gasteiger partial charge in [-0.25, -0.2) is 0 Å². The van der Waals surface area contributed by atoms with Gasteiger partial charge in [-0.05, 0) is 67.3 Å². The van der Waals surface area contributed by atoms with Gasteiger partial charge in [0.05, 0.1) is 6.54 Å². The van der Waals surface area contributed by atoms with Crippen molar-refractivity contribution in [3.8, 4) is 0 Å². The minimum atomic E-state index is -0.129. The highest BCUT2D eigenvalue weighted by molar-refractivity contribution is 5.95. The van der Waals surface area contributed by atoms with Crippen LogP contribution in [-0.2, 0) is 16.0 Å². The van der Waals surface area contributed by atoms with Gasteiger partial charge in [-0.3, -0.25) is 9.59 Å². The largest absolute Gasteiger partial charge is 0.376 e. The number of aryl methyl sites for hydroxylation is 3. The maximum absolute atomic E-state index is 12.2. The van der Waals surface area contributed by atoms with Crippen molar-refractivity contribution < 1.29 is 9.59 Å². The van der Waals surface area contributed by atoms with Gasteiger partial charge in [0.1, 0.15) is 0 Å². The van der Waals surface area contributed by atoms with Gasteiger partial charge in [0.15, 0.2) is 0 Å². The molecule has 0 saturated carbocycles. The summed E-state index contributed by atoms with van der Waals surface area (Å²) in [5, 5.41) is 8.92. The van der Waals surface area contributed by atoms with Gasteiger partial charge in [0.25, 0.3) is 0 Å². The number of hydrogen-bond acceptors (Lipinski definition) is 3. The molecule has 30 heavy (non-hydrogen) atoms. The number of hydrogen-bond donors (Lipinski definition) is 3. The van der Waals surface area contributed by atoms with Crippen LogP contribution in [0.15, 0.2) is 72.8 Å². The monoisotopic (exact) mass is 401 g/mol. The van der Waals surface area contributed by atoms with Crippen LogP contribution < -0.4 is 16.0 Å². The Kier molecular flexibility index (Phi) is 7.22. The third-order valence-corrected chi connectivity index (χ3v) is 4.77. The molecule has 0 atom stereocenters. The molecule has 0 aliphatic rings. The van der Waals surface area contributed by atoms with Gasteiger partial charge in [-0.1, -0.05) is 42.5 Å². The standard InChI is InChI=1S/C25H27N3O2/c1-18-8-9-19(2)23(16-18)26-17-25(30)28-22-13-11-21(12-14-22)27-24(29)15-10-20-6-4-3-5-7-20/h3-9,11-14,16,26H,10,15,17H2,1-2H3,(H,27,29)(H,28,30). The Morgan fingerprint density at radius 1 is 0.767 bits per heavy atom. The summed E-state index contributed by atoms with van der Waals surface area (Å²) < 4.78 is 0. The maximum Gasteiger partial charge on any atom is 0.243 e. The molecule has 0 bridgehead atoms. The van der Waals surface area contributed by atoms with Crippen molar-refractivity contribution in [3.05, 3.63) is 89.5 Å². The third-order valence-electron chi connectivity index (χ3n) is 4.77. The van der Waals surface area contributed by atoms with Crippen LogP contribution in [0.2, 0.25) is 0 Å². The lowest BCUT2D eigenvalue weighted by Crippen LogP contribution is -2.22. The molecule has 0 aromatic heterocycles. The summed E-state index contributed by atoms with van der Waals surface area (Å²) in [5.41, 5.74) is 5.73.